The van der Waals surface area contributed by atoms with E-state index in [4.69, 9.17) is 10.6 Å². The Labute approximate surface area is 118 Å². The Kier molecular flexibility index (Phi) is 7.13. The first-order valence-corrected chi connectivity index (χ1v) is 6.54. The molecule has 0 unspecified atom stereocenters. The van der Waals surface area contributed by atoms with E-state index in [1.54, 1.807) is 7.05 Å². The zero-order valence-electron chi connectivity index (χ0n) is 11.7. The first-order valence-electron chi connectivity index (χ1n) is 6.54. The lowest BCUT2D eigenvalue weighted by Crippen LogP contribution is -2.30. The number of nitrogens with two attached hydrogens (primary N) is 1. The number of carbonyl (C=O) groups excluding carboxylic acids is 2. The van der Waals surface area contributed by atoms with Crippen LogP contribution in [0.3, 0.4) is 0 Å². The highest BCUT2D eigenvalue weighted by molar-refractivity contribution is 5.75. The van der Waals surface area contributed by atoms with Gasteiger partial charge in [0.15, 0.2) is 0 Å². The van der Waals surface area contributed by atoms with E-state index >= 15 is 0 Å². The maximum atomic E-state index is 11.7. The van der Waals surface area contributed by atoms with Crippen molar-refractivity contribution in [3.63, 3.8) is 0 Å². The Morgan fingerprint density at radius 2 is 1.95 bits per heavy atom. The molecule has 0 aliphatic heterocycles. The van der Waals surface area contributed by atoms with E-state index in [0.29, 0.717) is 19.4 Å². The van der Waals surface area contributed by atoms with Crippen LogP contribution in [0.4, 0.5) is 4.79 Å². The predicted octanol–water partition coefficient (Wildman–Crippen LogP) is 1.42. The van der Waals surface area contributed by atoms with E-state index in [9.17, 15) is 9.59 Å². The molecule has 1 aromatic rings. The van der Waals surface area contributed by atoms with Crippen LogP contribution in [0, 0.1) is 0 Å². The fourth-order valence-corrected chi connectivity index (χ4v) is 1.63. The Hall–Kier alpha value is -2.08. The number of rotatable bonds is 7. The SMILES string of the molecule is CN(CCCCC(=O)NN)C(=O)OCc1ccccc1. The maximum absolute atomic E-state index is 11.7. The number of carbonyl (C=O) groups is 2. The van der Waals surface area contributed by atoms with Gasteiger partial charge in [0.05, 0.1) is 0 Å². The molecule has 3 N–H and O–H groups in total. The Bertz CT molecular complexity index is 423. The summed E-state index contributed by atoms with van der Waals surface area (Å²) in [7, 11) is 1.68. The second kappa shape index (κ2) is 8.92. The number of hydrogen-bond donors (Lipinski definition) is 2. The topological polar surface area (TPSA) is 84.7 Å². The van der Waals surface area contributed by atoms with Gasteiger partial charge in [-0.15, -0.1) is 0 Å². The molecule has 110 valence electrons. The molecule has 0 saturated carbocycles. The fraction of sp³-hybridized carbons (Fsp3) is 0.429. The second-order valence-electron chi connectivity index (χ2n) is 4.49. The van der Waals surface area contributed by atoms with Crippen molar-refractivity contribution in [1.29, 1.82) is 0 Å². The first kappa shape index (κ1) is 16.0. The van der Waals surface area contributed by atoms with Crippen molar-refractivity contribution in [3.05, 3.63) is 35.9 Å². The predicted molar refractivity (Wildman–Crippen MR) is 75.4 cm³/mol. The number of nitrogens with one attached hydrogen (secondary N) is 1. The highest BCUT2D eigenvalue weighted by Gasteiger charge is 2.09. The minimum Gasteiger partial charge on any atom is -0.445 e. The molecular weight excluding hydrogens is 258 g/mol. The number of nitrogens with zero attached hydrogens (tertiary/aromatic N) is 1. The van der Waals surface area contributed by atoms with E-state index in [1.165, 1.54) is 4.90 Å². The molecule has 0 heterocycles. The van der Waals surface area contributed by atoms with Crippen LogP contribution in [0.1, 0.15) is 24.8 Å². The molecule has 6 heteroatoms. The molecule has 1 rings (SSSR count). The van der Waals surface area contributed by atoms with Crippen LogP contribution < -0.4 is 11.3 Å². The third kappa shape index (κ3) is 6.19. The molecule has 1 aromatic carbocycles. The van der Waals surface area contributed by atoms with Gasteiger partial charge in [-0.3, -0.25) is 10.2 Å². The summed E-state index contributed by atoms with van der Waals surface area (Å²) in [4.78, 5) is 24.1. The highest BCUT2D eigenvalue weighted by Crippen LogP contribution is 2.04. The van der Waals surface area contributed by atoms with Gasteiger partial charge in [-0.2, -0.15) is 0 Å². The molecule has 0 saturated heterocycles. The van der Waals surface area contributed by atoms with Gasteiger partial charge in [0.1, 0.15) is 6.61 Å². The summed E-state index contributed by atoms with van der Waals surface area (Å²) in [6.45, 7) is 0.811. The number of hydrogen-bond acceptors (Lipinski definition) is 4. The highest BCUT2D eigenvalue weighted by atomic mass is 16.6. The van der Waals surface area contributed by atoms with E-state index in [-0.39, 0.29) is 18.6 Å². The van der Waals surface area contributed by atoms with Gasteiger partial charge in [-0.25, -0.2) is 10.6 Å². The van der Waals surface area contributed by atoms with Crippen LogP contribution in [-0.4, -0.2) is 30.5 Å². The van der Waals surface area contributed by atoms with Crippen LogP contribution in [0.15, 0.2) is 30.3 Å². The zero-order valence-corrected chi connectivity index (χ0v) is 11.7. The molecule has 2 amide bonds. The Balaban J connectivity index is 2.17. The average Bonchev–Trinajstić information content (AvgIpc) is 2.49. The van der Waals surface area contributed by atoms with Gasteiger partial charge in [-0.1, -0.05) is 30.3 Å². The van der Waals surface area contributed by atoms with Gasteiger partial charge in [0, 0.05) is 20.0 Å². The largest absolute Gasteiger partial charge is 0.445 e. The van der Waals surface area contributed by atoms with Crippen LogP contribution in [-0.2, 0) is 16.1 Å². The minimum absolute atomic E-state index is 0.195. The van der Waals surface area contributed by atoms with Crippen LogP contribution in [0.5, 0.6) is 0 Å². The van der Waals surface area contributed by atoms with Crippen LogP contribution in [0.25, 0.3) is 0 Å². The lowest BCUT2D eigenvalue weighted by atomic mass is 10.2. The van der Waals surface area contributed by atoms with Gasteiger partial charge >= 0.3 is 6.09 Å². The molecule has 20 heavy (non-hydrogen) atoms. The van der Waals surface area contributed by atoms with E-state index in [0.717, 1.165) is 12.0 Å². The Morgan fingerprint density at radius 1 is 1.25 bits per heavy atom. The molecule has 0 fully saturated rings. The van der Waals surface area contributed by atoms with Gasteiger partial charge in [0.25, 0.3) is 0 Å². The third-order valence-electron chi connectivity index (χ3n) is 2.83. The molecule has 6 nitrogen and oxygen atoms in total. The standard InChI is InChI=1S/C14H21N3O3/c1-17(10-6-5-9-13(18)16-15)14(19)20-11-12-7-3-2-4-8-12/h2-4,7-8H,5-6,9-11,15H2,1H3,(H,16,18). The zero-order chi connectivity index (χ0) is 14.8. The van der Waals surface area contributed by atoms with E-state index in [1.807, 2.05) is 30.3 Å². The lowest BCUT2D eigenvalue weighted by molar-refractivity contribution is -0.121. The summed E-state index contributed by atoms with van der Waals surface area (Å²) >= 11 is 0. The molecule has 0 radical (unpaired) electrons. The van der Waals surface area contributed by atoms with Crippen molar-refractivity contribution < 1.29 is 14.3 Å². The monoisotopic (exact) mass is 279 g/mol. The summed E-state index contributed by atoms with van der Waals surface area (Å²) in [6.07, 6.45) is 1.41. The summed E-state index contributed by atoms with van der Waals surface area (Å²) in [5, 5.41) is 0. The lowest BCUT2D eigenvalue weighted by Gasteiger charge is -2.16. The summed E-state index contributed by atoms with van der Waals surface area (Å²) in [5.74, 6) is 4.78. The van der Waals surface area contributed by atoms with Crippen molar-refractivity contribution in [1.82, 2.24) is 10.3 Å². The first-order chi connectivity index (χ1) is 9.63. The molecule has 0 bridgehead atoms. The van der Waals surface area contributed by atoms with Crippen molar-refractivity contribution >= 4 is 12.0 Å². The second-order valence-corrected chi connectivity index (χ2v) is 4.49. The van der Waals surface area contributed by atoms with Crippen LogP contribution >= 0.6 is 0 Å². The maximum Gasteiger partial charge on any atom is 0.409 e. The number of ether oxygens (including phenoxy) is 1. The van der Waals surface area contributed by atoms with Gasteiger partial charge in [0.2, 0.25) is 5.91 Å². The minimum atomic E-state index is -0.364. The van der Waals surface area contributed by atoms with Crippen LogP contribution in [0.2, 0.25) is 0 Å². The third-order valence-corrected chi connectivity index (χ3v) is 2.83. The number of unbranched alkanes of at least 4 members (excludes halogenated alkanes) is 1. The van der Waals surface area contributed by atoms with Crippen molar-refractivity contribution in [2.24, 2.45) is 5.84 Å². The molecule has 0 aliphatic carbocycles. The number of benzene rings is 1. The summed E-state index contributed by atoms with van der Waals surface area (Å²) in [5.41, 5.74) is 3.02. The molecule has 0 aromatic heterocycles. The van der Waals surface area contributed by atoms with Gasteiger partial charge < -0.3 is 9.64 Å². The number of amides is 2. The number of hydrazine groups is 1. The van der Waals surface area contributed by atoms with Crippen molar-refractivity contribution in [2.45, 2.75) is 25.9 Å². The molecule has 0 aliphatic rings. The normalized spacial score (nSPS) is 9.90. The molecule has 0 atom stereocenters. The average molecular weight is 279 g/mol. The van der Waals surface area contributed by atoms with E-state index < -0.39 is 0 Å². The smallest absolute Gasteiger partial charge is 0.409 e. The quantitative estimate of drug-likeness (QED) is 0.342. The van der Waals surface area contributed by atoms with E-state index in [2.05, 4.69) is 5.43 Å². The molecular formula is C14H21N3O3. The van der Waals surface area contributed by atoms with Crippen molar-refractivity contribution in [2.75, 3.05) is 13.6 Å². The fourth-order valence-electron chi connectivity index (χ4n) is 1.63. The Morgan fingerprint density at radius 3 is 2.60 bits per heavy atom. The molecule has 0 spiro atoms. The van der Waals surface area contributed by atoms with Gasteiger partial charge in [-0.05, 0) is 18.4 Å². The van der Waals surface area contributed by atoms with Crippen molar-refractivity contribution in [3.8, 4) is 0 Å². The summed E-state index contributed by atoms with van der Waals surface area (Å²) in [6, 6.07) is 9.51. The summed E-state index contributed by atoms with van der Waals surface area (Å²) < 4.78 is 5.18.